The zero-order chi connectivity index (χ0) is 11.4. The fourth-order valence-corrected chi connectivity index (χ4v) is 1.77. The van der Waals surface area contributed by atoms with Gasteiger partial charge >= 0.3 is 0 Å². The lowest BCUT2D eigenvalue weighted by Gasteiger charge is -2.22. The van der Waals surface area contributed by atoms with Gasteiger partial charge in [-0.1, -0.05) is 20.8 Å². The SMILES string of the molecule is CCC(Nc1cc(C)cc(F)c1)C(C)C. The average molecular weight is 209 g/mol. The van der Waals surface area contributed by atoms with Crippen molar-refractivity contribution in [3.05, 3.63) is 29.6 Å². The van der Waals surface area contributed by atoms with Gasteiger partial charge in [0.1, 0.15) is 5.82 Å². The van der Waals surface area contributed by atoms with E-state index in [0.717, 1.165) is 17.7 Å². The minimum atomic E-state index is -0.170. The molecule has 1 atom stereocenters. The van der Waals surface area contributed by atoms with Crippen LogP contribution < -0.4 is 5.32 Å². The van der Waals surface area contributed by atoms with E-state index in [0.29, 0.717) is 12.0 Å². The Balaban J connectivity index is 2.79. The maximum Gasteiger partial charge on any atom is 0.125 e. The van der Waals surface area contributed by atoms with Crippen molar-refractivity contribution < 1.29 is 4.39 Å². The molecule has 0 aliphatic rings. The van der Waals surface area contributed by atoms with Crippen LogP contribution >= 0.6 is 0 Å². The van der Waals surface area contributed by atoms with E-state index in [4.69, 9.17) is 0 Å². The number of aryl methyl sites for hydroxylation is 1. The summed E-state index contributed by atoms with van der Waals surface area (Å²) in [5, 5.41) is 3.37. The van der Waals surface area contributed by atoms with Crippen molar-refractivity contribution >= 4 is 5.69 Å². The number of benzene rings is 1. The van der Waals surface area contributed by atoms with Crippen molar-refractivity contribution in [1.82, 2.24) is 0 Å². The highest BCUT2D eigenvalue weighted by atomic mass is 19.1. The van der Waals surface area contributed by atoms with Crippen LogP contribution in [0.3, 0.4) is 0 Å². The lowest BCUT2D eigenvalue weighted by molar-refractivity contribution is 0.510. The van der Waals surface area contributed by atoms with Crippen molar-refractivity contribution in [2.75, 3.05) is 5.32 Å². The van der Waals surface area contributed by atoms with E-state index in [9.17, 15) is 4.39 Å². The molecule has 0 fully saturated rings. The second-order valence-electron chi connectivity index (χ2n) is 4.42. The summed E-state index contributed by atoms with van der Waals surface area (Å²) in [5.74, 6) is 0.384. The minimum Gasteiger partial charge on any atom is -0.382 e. The maximum absolute atomic E-state index is 13.1. The molecule has 84 valence electrons. The van der Waals surface area contributed by atoms with E-state index in [-0.39, 0.29) is 5.82 Å². The zero-order valence-electron chi connectivity index (χ0n) is 9.97. The Bertz CT molecular complexity index is 300. The predicted molar refractivity (Wildman–Crippen MR) is 63.7 cm³/mol. The summed E-state index contributed by atoms with van der Waals surface area (Å²) in [6.45, 7) is 8.40. The van der Waals surface area contributed by atoms with Gasteiger partial charge in [-0.25, -0.2) is 4.39 Å². The number of rotatable bonds is 4. The first-order valence-electron chi connectivity index (χ1n) is 5.56. The van der Waals surface area contributed by atoms with E-state index in [1.54, 1.807) is 12.1 Å². The molecule has 0 bridgehead atoms. The smallest absolute Gasteiger partial charge is 0.125 e. The first-order chi connectivity index (χ1) is 7.02. The molecule has 0 aromatic heterocycles. The molecular weight excluding hydrogens is 189 g/mol. The van der Waals surface area contributed by atoms with Gasteiger partial charge in [-0.3, -0.25) is 0 Å². The molecule has 0 saturated carbocycles. The van der Waals surface area contributed by atoms with E-state index in [2.05, 4.69) is 26.1 Å². The van der Waals surface area contributed by atoms with Crippen LogP contribution in [0.25, 0.3) is 0 Å². The summed E-state index contributed by atoms with van der Waals surface area (Å²) in [5.41, 5.74) is 1.84. The highest BCUT2D eigenvalue weighted by Gasteiger charge is 2.10. The fraction of sp³-hybridized carbons (Fsp3) is 0.538. The van der Waals surface area contributed by atoms with Crippen molar-refractivity contribution in [2.45, 2.75) is 40.2 Å². The monoisotopic (exact) mass is 209 g/mol. The molecule has 0 aliphatic heterocycles. The molecule has 1 N–H and O–H groups in total. The number of nitrogens with one attached hydrogen (secondary N) is 1. The highest BCUT2D eigenvalue weighted by molar-refractivity contribution is 5.46. The normalized spacial score (nSPS) is 12.9. The molecule has 0 heterocycles. The Morgan fingerprint density at radius 3 is 2.40 bits per heavy atom. The van der Waals surface area contributed by atoms with Crippen LogP contribution in [0.5, 0.6) is 0 Å². The van der Waals surface area contributed by atoms with Crippen LogP contribution in [0.4, 0.5) is 10.1 Å². The van der Waals surface area contributed by atoms with Crippen molar-refractivity contribution in [1.29, 1.82) is 0 Å². The van der Waals surface area contributed by atoms with Gasteiger partial charge in [0.15, 0.2) is 0 Å². The number of hydrogen-bond donors (Lipinski definition) is 1. The molecule has 0 spiro atoms. The van der Waals surface area contributed by atoms with Gasteiger partial charge < -0.3 is 5.32 Å². The molecule has 1 rings (SSSR count). The largest absolute Gasteiger partial charge is 0.382 e. The topological polar surface area (TPSA) is 12.0 Å². The van der Waals surface area contributed by atoms with Crippen LogP contribution in [0.15, 0.2) is 18.2 Å². The molecular formula is C13H20FN. The van der Waals surface area contributed by atoms with Gasteiger partial charge in [-0.05, 0) is 43.0 Å². The summed E-state index contributed by atoms with van der Waals surface area (Å²) < 4.78 is 13.1. The quantitative estimate of drug-likeness (QED) is 0.791. The van der Waals surface area contributed by atoms with Gasteiger partial charge in [-0.15, -0.1) is 0 Å². The molecule has 1 aromatic carbocycles. The van der Waals surface area contributed by atoms with E-state index < -0.39 is 0 Å². The Kier molecular flexibility index (Phi) is 4.13. The van der Waals surface area contributed by atoms with Gasteiger partial charge in [0.2, 0.25) is 0 Å². The molecule has 0 aliphatic carbocycles. The van der Waals surface area contributed by atoms with Crippen LogP contribution in [-0.4, -0.2) is 6.04 Å². The van der Waals surface area contributed by atoms with Gasteiger partial charge in [0.25, 0.3) is 0 Å². The van der Waals surface area contributed by atoms with Crippen LogP contribution in [0.1, 0.15) is 32.8 Å². The molecule has 0 amide bonds. The first-order valence-corrected chi connectivity index (χ1v) is 5.56. The summed E-state index contributed by atoms with van der Waals surface area (Å²) in [7, 11) is 0. The zero-order valence-corrected chi connectivity index (χ0v) is 9.97. The van der Waals surface area contributed by atoms with Crippen molar-refractivity contribution in [3.63, 3.8) is 0 Å². The van der Waals surface area contributed by atoms with Crippen molar-refractivity contribution in [3.8, 4) is 0 Å². The second-order valence-corrected chi connectivity index (χ2v) is 4.42. The Labute approximate surface area is 91.7 Å². The minimum absolute atomic E-state index is 0.170. The first kappa shape index (κ1) is 12.0. The lowest BCUT2D eigenvalue weighted by atomic mass is 10.0. The number of halogens is 1. The Morgan fingerprint density at radius 1 is 1.27 bits per heavy atom. The predicted octanol–water partition coefficient (Wildman–Crippen LogP) is 3.98. The van der Waals surface area contributed by atoms with Gasteiger partial charge in [0, 0.05) is 11.7 Å². The Hall–Kier alpha value is -1.05. The fourth-order valence-electron chi connectivity index (χ4n) is 1.77. The van der Waals surface area contributed by atoms with Crippen LogP contribution in [-0.2, 0) is 0 Å². The standard InChI is InChI=1S/C13H20FN/c1-5-13(9(2)3)15-12-7-10(4)6-11(14)8-12/h6-9,13,15H,5H2,1-4H3. The summed E-state index contributed by atoms with van der Waals surface area (Å²) in [6, 6.07) is 5.49. The molecule has 0 radical (unpaired) electrons. The summed E-state index contributed by atoms with van der Waals surface area (Å²) in [4.78, 5) is 0. The van der Waals surface area contributed by atoms with E-state index in [1.807, 2.05) is 13.0 Å². The Morgan fingerprint density at radius 2 is 1.93 bits per heavy atom. The van der Waals surface area contributed by atoms with E-state index in [1.165, 1.54) is 0 Å². The average Bonchev–Trinajstić information content (AvgIpc) is 2.12. The summed E-state index contributed by atoms with van der Waals surface area (Å²) in [6.07, 6.45) is 1.05. The number of hydrogen-bond acceptors (Lipinski definition) is 1. The van der Waals surface area contributed by atoms with Crippen LogP contribution in [0, 0.1) is 18.7 Å². The molecule has 15 heavy (non-hydrogen) atoms. The van der Waals surface area contributed by atoms with E-state index >= 15 is 0 Å². The van der Waals surface area contributed by atoms with Gasteiger partial charge in [-0.2, -0.15) is 0 Å². The van der Waals surface area contributed by atoms with Crippen molar-refractivity contribution in [2.24, 2.45) is 5.92 Å². The molecule has 1 nitrogen and oxygen atoms in total. The summed E-state index contributed by atoms with van der Waals surface area (Å²) >= 11 is 0. The van der Waals surface area contributed by atoms with Gasteiger partial charge in [0.05, 0.1) is 0 Å². The molecule has 1 aromatic rings. The maximum atomic E-state index is 13.1. The lowest BCUT2D eigenvalue weighted by Crippen LogP contribution is -2.24. The molecule has 0 saturated heterocycles. The second kappa shape index (κ2) is 5.15. The third-order valence-electron chi connectivity index (χ3n) is 2.64. The van der Waals surface area contributed by atoms with Crippen LogP contribution in [0.2, 0.25) is 0 Å². The highest BCUT2D eigenvalue weighted by Crippen LogP contribution is 2.18. The number of anilines is 1. The molecule has 2 heteroatoms. The third kappa shape index (κ3) is 3.54. The third-order valence-corrected chi connectivity index (χ3v) is 2.64. The molecule has 1 unspecified atom stereocenters.